The quantitative estimate of drug-likeness (QED) is 0.848. The Hall–Kier alpha value is -1.55. The molecule has 1 aromatic heterocycles. The summed E-state index contributed by atoms with van der Waals surface area (Å²) in [6.07, 6.45) is 1.31. The maximum Gasteiger partial charge on any atom is 0.183 e. The molecule has 4 heteroatoms. The number of nitrogens with zero attached hydrogens (tertiary/aromatic N) is 1. The van der Waals surface area contributed by atoms with Crippen LogP contribution in [0, 0.1) is 0 Å². The maximum absolute atomic E-state index is 5.63. The van der Waals surface area contributed by atoms with Gasteiger partial charge in [-0.15, -0.1) is 11.3 Å². The summed E-state index contributed by atoms with van der Waals surface area (Å²) >= 11 is 1.65. The zero-order valence-corrected chi connectivity index (χ0v) is 12.5. The molecule has 0 aliphatic rings. The van der Waals surface area contributed by atoms with Crippen molar-refractivity contribution in [2.45, 2.75) is 33.3 Å². The molecular formula is C15H20N2OS. The summed E-state index contributed by atoms with van der Waals surface area (Å²) in [7, 11) is 0. The van der Waals surface area contributed by atoms with E-state index in [9.17, 15) is 0 Å². The fraction of sp³-hybridized carbons (Fsp3) is 0.400. The van der Waals surface area contributed by atoms with Crippen LogP contribution in [0.5, 0.6) is 5.75 Å². The van der Waals surface area contributed by atoms with E-state index in [4.69, 9.17) is 4.74 Å². The smallest absolute Gasteiger partial charge is 0.183 e. The lowest BCUT2D eigenvalue weighted by Crippen LogP contribution is -2.05. The molecule has 0 fully saturated rings. The minimum absolute atomic E-state index is 0.204. The van der Waals surface area contributed by atoms with Gasteiger partial charge < -0.3 is 10.1 Å². The SMILES string of the molecule is CCCNc1nc(-c2ccc(OC(C)C)cc2)cs1. The molecule has 0 spiro atoms. The molecule has 1 heterocycles. The Morgan fingerprint density at radius 2 is 2.00 bits per heavy atom. The zero-order chi connectivity index (χ0) is 13.7. The Balaban J connectivity index is 2.07. The second-order valence-corrected chi connectivity index (χ2v) is 5.51. The Bertz CT molecular complexity index is 505. The van der Waals surface area contributed by atoms with Gasteiger partial charge in [-0.05, 0) is 44.5 Å². The second kappa shape index (κ2) is 6.57. The first-order chi connectivity index (χ1) is 9.19. The van der Waals surface area contributed by atoms with Crippen LogP contribution in [0.4, 0.5) is 5.13 Å². The zero-order valence-electron chi connectivity index (χ0n) is 11.6. The van der Waals surface area contributed by atoms with Crippen molar-refractivity contribution in [3.63, 3.8) is 0 Å². The Labute approximate surface area is 118 Å². The molecular weight excluding hydrogens is 256 g/mol. The van der Waals surface area contributed by atoms with E-state index in [1.807, 2.05) is 26.0 Å². The van der Waals surface area contributed by atoms with Crippen molar-refractivity contribution in [2.24, 2.45) is 0 Å². The molecule has 0 aliphatic carbocycles. The maximum atomic E-state index is 5.63. The number of thiazole rings is 1. The van der Waals surface area contributed by atoms with Gasteiger partial charge in [0.05, 0.1) is 11.8 Å². The Morgan fingerprint density at radius 1 is 1.26 bits per heavy atom. The van der Waals surface area contributed by atoms with Gasteiger partial charge in [-0.3, -0.25) is 0 Å². The largest absolute Gasteiger partial charge is 0.491 e. The van der Waals surface area contributed by atoms with Crippen molar-refractivity contribution in [3.05, 3.63) is 29.6 Å². The van der Waals surface area contributed by atoms with Crippen LogP contribution in [-0.4, -0.2) is 17.6 Å². The number of hydrogen-bond donors (Lipinski definition) is 1. The molecule has 2 aromatic rings. The number of anilines is 1. The second-order valence-electron chi connectivity index (χ2n) is 4.66. The number of benzene rings is 1. The third kappa shape index (κ3) is 3.96. The summed E-state index contributed by atoms with van der Waals surface area (Å²) in [4.78, 5) is 4.58. The molecule has 0 saturated heterocycles. The topological polar surface area (TPSA) is 34.2 Å². The van der Waals surface area contributed by atoms with Gasteiger partial charge in [-0.1, -0.05) is 6.92 Å². The van der Waals surface area contributed by atoms with E-state index in [1.165, 1.54) is 0 Å². The monoisotopic (exact) mass is 276 g/mol. The van der Waals surface area contributed by atoms with Gasteiger partial charge in [0.2, 0.25) is 0 Å². The van der Waals surface area contributed by atoms with Crippen LogP contribution in [0.15, 0.2) is 29.6 Å². The van der Waals surface area contributed by atoms with Crippen LogP contribution < -0.4 is 10.1 Å². The van der Waals surface area contributed by atoms with Crippen LogP contribution >= 0.6 is 11.3 Å². The first kappa shape index (κ1) is 13.9. The van der Waals surface area contributed by atoms with E-state index >= 15 is 0 Å². The summed E-state index contributed by atoms with van der Waals surface area (Å²) in [6.45, 7) is 7.17. The molecule has 0 radical (unpaired) electrons. The van der Waals surface area contributed by atoms with Crippen LogP contribution in [0.3, 0.4) is 0 Å². The molecule has 3 nitrogen and oxygen atoms in total. The van der Waals surface area contributed by atoms with E-state index in [1.54, 1.807) is 11.3 Å². The lowest BCUT2D eigenvalue weighted by molar-refractivity contribution is 0.242. The predicted molar refractivity (Wildman–Crippen MR) is 82.1 cm³/mol. The van der Waals surface area contributed by atoms with Crippen molar-refractivity contribution in [2.75, 3.05) is 11.9 Å². The summed E-state index contributed by atoms with van der Waals surface area (Å²) in [5.74, 6) is 0.901. The molecule has 1 N–H and O–H groups in total. The molecule has 0 atom stereocenters. The number of rotatable bonds is 6. The number of ether oxygens (including phenoxy) is 1. The van der Waals surface area contributed by atoms with Crippen LogP contribution in [0.1, 0.15) is 27.2 Å². The molecule has 1 aromatic carbocycles. The van der Waals surface area contributed by atoms with E-state index in [-0.39, 0.29) is 6.10 Å². The lowest BCUT2D eigenvalue weighted by Gasteiger charge is -2.09. The molecule has 0 aliphatic heterocycles. The lowest BCUT2D eigenvalue weighted by atomic mass is 10.2. The normalized spacial score (nSPS) is 10.7. The standard InChI is InChI=1S/C15H20N2OS/c1-4-9-16-15-17-14(10-19-15)12-5-7-13(8-6-12)18-11(2)3/h5-8,10-11H,4,9H2,1-3H3,(H,16,17). The molecule has 0 amide bonds. The summed E-state index contributed by atoms with van der Waals surface area (Å²) in [6, 6.07) is 8.09. The van der Waals surface area contributed by atoms with Gasteiger partial charge >= 0.3 is 0 Å². The van der Waals surface area contributed by atoms with Gasteiger partial charge in [-0.2, -0.15) is 0 Å². The van der Waals surface area contributed by atoms with Gasteiger partial charge in [0.1, 0.15) is 5.75 Å². The first-order valence-electron chi connectivity index (χ1n) is 6.65. The Kier molecular flexibility index (Phi) is 4.80. The van der Waals surface area contributed by atoms with Gasteiger partial charge in [0.15, 0.2) is 5.13 Å². The van der Waals surface area contributed by atoms with Gasteiger partial charge in [0.25, 0.3) is 0 Å². The average Bonchev–Trinajstić information content (AvgIpc) is 2.85. The average molecular weight is 276 g/mol. The van der Waals surface area contributed by atoms with Crippen molar-refractivity contribution >= 4 is 16.5 Å². The van der Waals surface area contributed by atoms with Crippen molar-refractivity contribution in [3.8, 4) is 17.0 Å². The molecule has 19 heavy (non-hydrogen) atoms. The summed E-state index contributed by atoms with van der Waals surface area (Å²) in [5.41, 5.74) is 2.14. The number of aromatic nitrogens is 1. The van der Waals surface area contributed by atoms with Crippen LogP contribution in [0.25, 0.3) is 11.3 Å². The molecule has 0 bridgehead atoms. The van der Waals surface area contributed by atoms with Crippen molar-refractivity contribution in [1.29, 1.82) is 0 Å². The van der Waals surface area contributed by atoms with Crippen LogP contribution in [0.2, 0.25) is 0 Å². The van der Waals surface area contributed by atoms with Crippen molar-refractivity contribution in [1.82, 2.24) is 4.98 Å². The highest BCUT2D eigenvalue weighted by atomic mass is 32.1. The fourth-order valence-electron chi connectivity index (χ4n) is 1.70. The minimum atomic E-state index is 0.204. The predicted octanol–water partition coefficient (Wildman–Crippen LogP) is 4.42. The summed E-state index contributed by atoms with van der Waals surface area (Å²) < 4.78 is 5.63. The Morgan fingerprint density at radius 3 is 2.63 bits per heavy atom. The number of hydrogen-bond acceptors (Lipinski definition) is 4. The van der Waals surface area contributed by atoms with E-state index in [0.29, 0.717) is 0 Å². The molecule has 0 saturated carbocycles. The highest BCUT2D eigenvalue weighted by Crippen LogP contribution is 2.26. The van der Waals surface area contributed by atoms with Gasteiger partial charge in [0, 0.05) is 17.5 Å². The third-order valence-electron chi connectivity index (χ3n) is 2.55. The van der Waals surface area contributed by atoms with E-state index in [0.717, 1.165) is 35.1 Å². The molecule has 2 rings (SSSR count). The van der Waals surface area contributed by atoms with E-state index < -0.39 is 0 Å². The van der Waals surface area contributed by atoms with E-state index in [2.05, 4.69) is 34.7 Å². The fourth-order valence-corrected chi connectivity index (χ4v) is 2.44. The van der Waals surface area contributed by atoms with Crippen LogP contribution in [-0.2, 0) is 0 Å². The summed E-state index contributed by atoms with van der Waals surface area (Å²) in [5, 5.41) is 6.37. The minimum Gasteiger partial charge on any atom is -0.491 e. The van der Waals surface area contributed by atoms with Crippen molar-refractivity contribution < 1.29 is 4.74 Å². The highest BCUT2D eigenvalue weighted by Gasteiger charge is 2.05. The van der Waals surface area contributed by atoms with Gasteiger partial charge in [-0.25, -0.2) is 4.98 Å². The molecule has 0 unspecified atom stereocenters. The third-order valence-corrected chi connectivity index (χ3v) is 3.35. The molecule has 102 valence electrons. The first-order valence-corrected chi connectivity index (χ1v) is 7.53. The number of nitrogens with one attached hydrogen (secondary N) is 1. The highest BCUT2D eigenvalue weighted by molar-refractivity contribution is 7.14.